The van der Waals surface area contributed by atoms with E-state index < -0.39 is 0 Å². The van der Waals surface area contributed by atoms with E-state index in [-0.39, 0.29) is 0 Å². The second-order valence-electron chi connectivity index (χ2n) is 3.36. The second-order valence-corrected chi connectivity index (χ2v) is 3.36. The van der Waals surface area contributed by atoms with Gasteiger partial charge in [-0.15, -0.1) is 10.2 Å². The number of hydrogen-bond acceptors (Lipinski definition) is 4. The molecule has 0 spiro atoms. The average Bonchev–Trinajstić information content (AvgIpc) is 2.82. The van der Waals surface area contributed by atoms with Gasteiger partial charge in [0.1, 0.15) is 0 Å². The van der Waals surface area contributed by atoms with Gasteiger partial charge in [0.05, 0.1) is 6.54 Å². The summed E-state index contributed by atoms with van der Waals surface area (Å²) in [6.07, 6.45) is 2.59. The van der Waals surface area contributed by atoms with Crippen molar-refractivity contribution in [2.75, 3.05) is 0 Å². The lowest BCUT2D eigenvalue weighted by atomic mass is 10.1. The van der Waals surface area contributed by atoms with Crippen LogP contribution in [0.1, 0.15) is 37.5 Å². The first-order valence-corrected chi connectivity index (χ1v) is 4.33. The minimum Gasteiger partial charge on any atom is -0.424 e. The summed E-state index contributed by atoms with van der Waals surface area (Å²) in [5, 5.41) is 7.78. The normalized spacial score (nSPS) is 19.5. The molecule has 66 valence electrons. The summed E-state index contributed by atoms with van der Waals surface area (Å²) in [5.41, 5.74) is 5.36. The number of nitrogens with zero attached hydrogens (tertiary/aromatic N) is 2. The molecule has 1 aliphatic carbocycles. The summed E-state index contributed by atoms with van der Waals surface area (Å²) in [6.45, 7) is 2.47. The summed E-state index contributed by atoms with van der Waals surface area (Å²) in [4.78, 5) is 0. The van der Waals surface area contributed by atoms with Crippen LogP contribution >= 0.6 is 0 Å². The Kier molecular flexibility index (Phi) is 1.84. The molecule has 1 aromatic rings. The van der Waals surface area contributed by atoms with E-state index in [9.17, 15) is 0 Å². The molecular formula is C8H13N3O. The van der Waals surface area contributed by atoms with Crippen LogP contribution in [0.5, 0.6) is 0 Å². The second kappa shape index (κ2) is 2.86. The third kappa shape index (κ3) is 1.34. The van der Waals surface area contributed by atoms with Gasteiger partial charge in [0.15, 0.2) is 0 Å². The predicted octanol–water partition coefficient (Wildman–Crippen LogP) is 1.04. The van der Waals surface area contributed by atoms with Gasteiger partial charge in [0.2, 0.25) is 11.8 Å². The van der Waals surface area contributed by atoms with Crippen molar-refractivity contribution in [3.8, 4) is 0 Å². The third-order valence-corrected chi connectivity index (χ3v) is 2.38. The van der Waals surface area contributed by atoms with Crippen LogP contribution in [-0.4, -0.2) is 10.2 Å². The van der Waals surface area contributed by atoms with Crippen LogP contribution in [0.4, 0.5) is 0 Å². The Hall–Kier alpha value is -0.900. The first kappa shape index (κ1) is 7.73. The van der Waals surface area contributed by atoms with E-state index in [2.05, 4.69) is 17.1 Å². The van der Waals surface area contributed by atoms with Crippen LogP contribution in [0.25, 0.3) is 0 Å². The van der Waals surface area contributed by atoms with Crippen molar-refractivity contribution >= 4 is 0 Å². The molecule has 0 radical (unpaired) electrons. The van der Waals surface area contributed by atoms with Gasteiger partial charge in [-0.1, -0.05) is 6.92 Å². The van der Waals surface area contributed by atoms with E-state index in [1.54, 1.807) is 0 Å². The fourth-order valence-electron chi connectivity index (χ4n) is 1.33. The molecule has 1 saturated carbocycles. The molecule has 0 amide bonds. The van der Waals surface area contributed by atoms with Crippen LogP contribution < -0.4 is 5.73 Å². The van der Waals surface area contributed by atoms with E-state index >= 15 is 0 Å². The summed E-state index contributed by atoms with van der Waals surface area (Å²) < 4.78 is 5.35. The highest BCUT2D eigenvalue weighted by Crippen LogP contribution is 2.41. The molecule has 1 unspecified atom stereocenters. The van der Waals surface area contributed by atoms with Crippen molar-refractivity contribution < 1.29 is 4.42 Å². The molecular weight excluding hydrogens is 154 g/mol. The van der Waals surface area contributed by atoms with E-state index in [1.165, 1.54) is 12.8 Å². The van der Waals surface area contributed by atoms with Crippen LogP contribution in [-0.2, 0) is 6.54 Å². The first-order valence-electron chi connectivity index (χ1n) is 4.33. The summed E-state index contributed by atoms with van der Waals surface area (Å²) in [6, 6.07) is 0. The van der Waals surface area contributed by atoms with Crippen molar-refractivity contribution in [1.29, 1.82) is 0 Å². The summed E-state index contributed by atoms with van der Waals surface area (Å²) in [7, 11) is 0. The summed E-state index contributed by atoms with van der Waals surface area (Å²) >= 11 is 0. The lowest BCUT2D eigenvalue weighted by molar-refractivity contribution is 0.409. The van der Waals surface area contributed by atoms with E-state index in [0.29, 0.717) is 18.4 Å². The molecule has 1 fully saturated rings. The first-order chi connectivity index (χ1) is 5.81. The fraction of sp³-hybridized carbons (Fsp3) is 0.750. The molecule has 4 nitrogen and oxygen atoms in total. The van der Waals surface area contributed by atoms with Gasteiger partial charge in [-0.05, 0) is 18.8 Å². The largest absolute Gasteiger partial charge is 0.424 e. The quantitative estimate of drug-likeness (QED) is 0.730. The molecule has 1 aromatic heterocycles. The Morgan fingerprint density at radius 2 is 2.33 bits per heavy atom. The van der Waals surface area contributed by atoms with Gasteiger partial charge in [-0.3, -0.25) is 0 Å². The van der Waals surface area contributed by atoms with Gasteiger partial charge in [0, 0.05) is 5.92 Å². The Bertz CT molecular complexity index is 267. The SMILES string of the molecule is CC(c1nnc(CN)o1)C1CC1. The number of aromatic nitrogens is 2. The number of rotatable bonds is 3. The van der Waals surface area contributed by atoms with E-state index in [0.717, 1.165) is 11.8 Å². The maximum atomic E-state index is 5.36. The van der Waals surface area contributed by atoms with Crippen LogP contribution in [0.15, 0.2) is 4.42 Å². The van der Waals surface area contributed by atoms with Gasteiger partial charge in [-0.2, -0.15) is 0 Å². The minimum absolute atomic E-state index is 0.338. The highest BCUT2D eigenvalue weighted by molar-refractivity contribution is 4.97. The molecule has 0 saturated heterocycles. The minimum atomic E-state index is 0.338. The van der Waals surface area contributed by atoms with Crippen molar-refractivity contribution in [1.82, 2.24) is 10.2 Å². The van der Waals surface area contributed by atoms with Gasteiger partial charge >= 0.3 is 0 Å². The summed E-state index contributed by atoms with van der Waals surface area (Å²) in [5.74, 6) is 2.46. The van der Waals surface area contributed by atoms with Crippen LogP contribution in [0.3, 0.4) is 0 Å². The van der Waals surface area contributed by atoms with Gasteiger partial charge in [0.25, 0.3) is 0 Å². The van der Waals surface area contributed by atoms with Crippen LogP contribution in [0.2, 0.25) is 0 Å². The Morgan fingerprint density at radius 3 is 2.83 bits per heavy atom. The molecule has 1 aliphatic rings. The Labute approximate surface area is 71.2 Å². The molecule has 2 N–H and O–H groups in total. The highest BCUT2D eigenvalue weighted by Gasteiger charge is 2.32. The Balaban J connectivity index is 2.10. The van der Waals surface area contributed by atoms with E-state index in [1.807, 2.05) is 0 Å². The molecule has 0 aliphatic heterocycles. The van der Waals surface area contributed by atoms with Crippen LogP contribution in [0, 0.1) is 5.92 Å². The lowest BCUT2D eigenvalue weighted by Gasteiger charge is -2.01. The lowest BCUT2D eigenvalue weighted by Crippen LogP contribution is -1.96. The fourth-order valence-corrected chi connectivity index (χ4v) is 1.33. The topological polar surface area (TPSA) is 64.9 Å². The van der Waals surface area contributed by atoms with Crippen molar-refractivity contribution in [3.63, 3.8) is 0 Å². The maximum absolute atomic E-state index is 5.36. The van der Waals surface area contributed by atoms with Crippen molar-refractivity contribution in [2.24, 2.45) is 11.7 Å². The maximum Gasteiger partial charge on any atom is 0.230 e. The molecule has 1 atom stereocenters. The average molecular weight is 167 g/mol. The molecule has 2 rings (SSSR count). The Morgan fingerprint density at radius 1 is 1.58 bits per heavy atom. The number of hydrogen-bond donors (Lipinski definition) is 1. The molecule has 4 heteroatoms. The standard InChI is InChI=1S/C8H13N3O/c1-5(6-2-3-6)8-11-10-7(4-9)12-8/h5-6H,2-4,9H2,1H3. The predicted molar refractivity (Wildman–Crippen MR) is 43.3 cm³/mol. The smallest absolute Gasteiger partial charge is 0.230 e. The molecule has 1 heterocycles. The molecule has 0 bridgehead atoms. The monoisotopic (exact) mass is 167 g/mol. The zero-order valence-electron chi connectivity index (χ0n) is 7.16. The third-order valence-electron chi connectivity index (χ3n) is 2.38. The van der Waals surface area contributed by atoms with Gasteiger partial charge in [-0.25, -0.2) is 0 Å². The van der Waals surface area contributed by atoms with Gasteiger partial charge < -0.3 is 10.2 Å². The highest BCUT2D eigenvalue weighted by atomic mass is 16.4. The molecule has 0 aromatic carbocycles. The van der Waals surface area contributed by atoms with Crippen molar-refractivity contribution in [2.45, 2.75) is 32.2 Å². The zero-order chi connectivity index (χ0) is 8.55. The van der Waals surface area contributed by atoms with Crippen molar-refractivity contribution in [3.05, 3.63) is 11.8 Å². The number of nitrogens with two attached hydrogens (primary N) is 1. The molecule has 12 heavy (non-hydrogen) atoms. The zero-order valence-corrected chi connectivity index (χ0v) is 7.16. The van der Waals surface area contributed by atoms with E-state index in [4.69, 9.17) is 10.2 Å².